The van der Waals surface area contributed by atoms with E-state index in [0.29, 0.717) is 59.8 Å². The molecule has 0 aromatic heterocycles. The molecule has 0 saturated carbocycles. The normalized spacial score (nSPS) is 29.8. The van der Waals surface area contributed by atoms with E-state index in [0.717, 1.165) is 0 Å². The van der Waals surface area contributed by atoms with Gasteiger partial charge in [-0.2, -0.15) is 9.05 Å². The topological polar surface area (TPSA) is 55.0 Å². The molecule has 0 spiro atoms. The Labute approximate surface area is 226 Å². The number of hydrogen-bond donors (Lipinski definition) is 2. The molecule has 2 rings (SSSR count). The molecule has 0 aromatic rings. The molecule has 0 bridgehead atoms. The zero-order chi connectivity index (χ0) is 28.1. The maximum atomic E-state index is 6.37. The van der Waals surface area contributed by atoms with Gasteiger partial charge in [0.05, 0.1) is 12.1 Å². The maximum Gasteiger partial charge on any atom is 0.432 e. The summed E-state index contributed by atoms with van der Waals surface area (Å²) in [6.07, 6.45) is 0.731. The number of rotatable bonds is 10. The summed E-state index contributed by atoms with van der Waals surface area (Å²) in [4.78, 5) is 2.60. The maximum absolute atomic E-state index is 6.37. The average molecular weight is 531 g/mol. The van der Waals surface area contributed by atoms with Gasteiger partial charge in [-0.25, -0.2) is 0 Å². The Kier molecular flexibility index (Phi) is 13.9. The first-order chi connectivity index (χ1) is 16.4. The van der Waals surface area contributed by atoms with Crippen LogP contribution in [0.2, 0.25) is 5.82 Å². The van der Waals surface area contributed by atoms with Gasteiger partial charge >= 0.3 is 15.1 Å². The van der Waals surface area contributed by atoms with E-state index in [1.165, 1.54) is 0 Å². The van der Waals surface area contributed by atoms with Gasteiger partial charge in [-0.3, -0.25) is 0 Å². The summed E-state index contributed by atoms with van der Waals surface area (Å²) in [6.45, 7) is 35.6. The molecule has 6 nitrogen and oxygen atoms in total. The van der Waals surface area contributed by atoms with Crippen LogP contribution in [0.3, 0.4) is 0 Å². The molecule has 2 N–H and O–H groups in total. The van der Waals surface area contributed by atoms with E-state index in [9.17, 15) is 0 Å². The Morgan fingerprint density at radius 3 is 1.58 bits per heavy atom. The quantitative estimate of drug-likeness (QED) is 0.226. The smallest absolute Gasteiger partial charge is 0.416 e. The number of hydrogen-bond acceptors (Lipinski definition) is 6. The van der Waals surface area contributed by atoms with Crippen molar-refractivity contribution in [3.8, 4) is 0 Å². The van der Waals surface area contributed by atoms with Crippen molar-refractivity contribution < 1.29 is 13.7 Å². The van der Waals surface area contributed by atoms with Crippen molar-refractivity contribution in [2.24, 2.45) is 23.7 Å². The molecule has 2 fully saturated rings. The zero-order valence-electron chi connectivity index (χ0n) is 26.6. The van der Waals surface area contributed by atoms with Crippen LogP contribution in [0, 0.1) is 23.7 Å². The van der Waals surface area contributed by atoms with Gasteiger partial charge in [-0.1, -0.05) is 83.1 Å². The van der Waals surface area contributed by atoms with Gasteiger partial charge in [0.25, 0.3) is 0 Å². The van der Waals surface area contributed by atoms with Gasteiger partial charge in [0, 0.05) is 12.1 Å². The summed E-state index contributed by atoms with van der Waals surface area (Å²) in [5, 5.41) is 7.17. The van der Waals surface area contributed by atoms with Gasteiger partial charge in [0.15, 0.2) is 0 Å². The summed E-state index contributed by atoms with van der Waals surface area (Å²) < 4.78 is 18.9. The summed E-state index contributed by atoms with van der Waals surface area (Å²) >= 11 is 0. The average Bonchev–Trinajstić information content (AvgIpc) is 3.27. The van der Waals surface area contributed by atoms with Crippen LogP contribution in [-0.2, 0) is 13.7 Å². The van der Waals surface area contributed by atoms with Crippen molar-refractivity contribution in [2.45, 2.75) is 159 Å². The highest BCUT2D eigenvalue weighted by Gasteiger charge is 2.59. The summed E-state index contributed by atoms with van der Waals surface area (Å²) in [5.41, 5.74) is 0. The van der Waals surface area contributed by atoms with Crippen molar-refractivity contribution in [3.05, 3.63) is 0 Å². The van der Waals surface area contributed by atoms with Crippen LogP contribution in [0.25, 0.3) is 0 Å². The first-order valence-electron chi connectivity index (χ1n) is 14.7. The minimum atomic E-state index is -2.18. The molecular weight excluding hydrogens is 468 g/mol. The van der Waals surface area contributed by atoms with Gasteiger partial charge in [-0.05, 0) is 63.2 Å². The molecule has 2 aliphatic heterocycles. The predicted octanol–water partition coefficient (Wildman–Crippen LogP) is 7.43. The molecule has 5 unspecified atom stereocenters. The summed E-state index contributed by atoms with van der Waals surface area (Å²) in [5.74, 6) is 2.80. The van der Waals surface area contributed by atoms with Crippen molar-refractivity contribution in [1.29, 1.82) is 0 Å². The molecule has 36 heavy (non-hydrogen) atoms. The molecule has 2 heterocycles. The van der Waals surface area contributed by atoms with Gasteiger partial charge < -0.3 is 9.47 Å². The van der Waals surface area contributed by atoms with Gasteiger partial charge in [0.2, 0.25) is 0 Å². The molecule has 8 heteroatoms. The van der Waals surface area contributed by atoms with Crippen LogP contribution < -0.4 is 10.2 Å². The van der Waals surface area contributed by atoms with Crippen LogP contribution in [0.15, 0.2) is 0 Å². The first-order valence-corrected chi connectivity index (χ1v) is 16.3. The fourth-order valence-electron chi connectivity index (χ4n) is 5.46. The lowest BCUT2D eigenvalue weighted by atomic mass is 9.66. The highest BCUT2D eigenvalue weighted by atomic mass is 31.2. The standard InChI is InChI=1S/C14H30BNO.C14H32N2O2P/c1-9(2)13-14(10(3)4)17-15(11(5)6)16(13)12(7)8;1-9(2)13-14(10(3)4)18-19(16-13,15-11(5)6)17-12(7)8/h9-14H,1-8H3;9-16H,1-8H3/q;+1. The second-order valence-electron chi connectivity index (χ2n) is 13.5. The predicted molar refractivity (Wildman–Crippen MR) is 159 cm³/mol. The third kappa shape index (κ3) is 9.18. The third-order valence-corrected chi connectivity index (χ3v) is 9.64. The third-order valence-electron chi connectivity index (χ3n) is 6.88. The molecule has 214 valence electrons. The molecule has 2 aliphatic rings. The zero-order valence-corrected chi connectivity index (χ0v) is 27.5. The van der Waals surface area contributed by atoms with Crippen LogP contribution >= 0.6 is 8.02 Å². The Morgan fingerprint density at radius 1 is 0.750 bits per heavy atom. The van der Waals surface area contributed by atoms with Crippen LogP contribution in [-0.4, -0.2) is 54.3 Å². The first kappa shape index (κ1) is 34.3. The monoisotopic (exact) mass is 530 g/mol. The van der Waals surface area contributed by atoms with Gasteiger partial charge in [0.1, 0.15) is 12.2 Å². The summed E-state index contributed by atoms with van der Waals surface area (Å²) in [7, 11) is -1.89. The fourth-order valence-corrected chi connectivity index (χ4v) is 8.65. The second kappa shape index (κ2) is 14.6. The lowest BCUT2D eigenvalue weighted by Gasteiger charge is -2.36. The highest BCUT2D eigenvalue weighted by Crippen LogP contribution is 2.61. The van der Waals surface area contributed by atoms with Crippen LogP contribution in [0.5, 0.6) is 0 Å². The molecule has 5 atom stereocenters. The molecule has 0 aliphatic carbocycles. The second-order valence-corrected chi connectivity index (χ2v) is 15.5. The Hall–Kier alpha value is 0.255. The molecule has 0 radical (unpaired) electrons. The number of nitrogens with one attached hydrogen (secondary N) is 2. The van der Waals surface area contributed by atoms with E-state index < -0.39 is 8.02 Å². The van der Waals surface area contributed by atoms with Crippen molar-refractivity contribution in [3.63, 3.8) is 0 Å². The van der Waals surface area contributed by atoms with E-state index in [4.69, 9.17) is 13.7 Å². The van der Waals surface area contributed by atoms with Crippen molar-refractivity contribution in [2.75, 3.05) is 0 Å². The number of nitrogens with zero attached hydrogens (tertiary/aromatic N) is 1. The molecule has 2 saturated heterocycles. The van der Waals surface area contributed by atoms with E-state index in [-0.39, 0.29) is 19.3 Å². The molecule has 0 aromatic carbocycles. The van der Waals surface area contributed by atoms with Crippen molar-refractivity contribution in [1.82, 2.24) is 15.0 Å². The minimum Gasteiger partial charge on any atom is -0.416 e. The molecular formula is C28H62BN3O3P+. The van der Waals surface area contributed by atoms with E-state index >= 15 is 0 Å². The van der Waals surface area contributed by atoms with E-state index in [1.807, 2.05) is 0 Å². The largest absolute Gasteiger partial charge is 0.432 e. The Bertz CT molecular complexity index is 579. The Morgan fingerprint density at radius 2 is 1.28 bits per heavy atom. The van der Waals surface area contributed by atoms with E-state index in [1.54, 1.807) is 0 Å². The fraction of sp³-hybridized carbons (Fsp3) is 1.00. The minimum absolute atomic E-state index is 0.144. The Balaban J connectivity index is 0.000000362. The highest BCUT2D eigenvalue weighted by molar-refractivity contribution is 7.62. The summed E-state index contributed by atoms with van der Waals surface area (Å²) in [6, 6.07) is 1.79. The lowest BCUT2D eigenvalue weighted by Crippen LogP contribution is -2.49. The lowest BCUT2D eigenvalue weighted by molar-refractivity contribution is 0.108. The van der Waals surface area contributed by atoms with Gasteiger partial charge in [-0.15, -0.1) is 10.2 Å². The van der Waals surface area contributed by atoms with Crippen LogP contribution in [0.1, 0.15) is 111 Å². The SMILES string of the molecule is CC(C)B1OC(C(C)C)C(C(C)C)N1C(C)C.CC(C)N[P+]1(OC(C)C)NC(C(C)C)C(C(C)C)O1. The van der Waals surface area contributed by atoms with Crippen molar-refractivity contribution >= 4 is 15.1 Å². The van der Waals surface area contributed by atoms with E-state index in [2.05, 4.69) is 126 Å². The van der Waals surface area contributed by atoms with Crippen LogP contribution in [0.4, 0.5) is 0 Å². The molecule has 0 amide bonds.